The van der Waals surface area contributed by atoms with Crippen LogP contribution in [0.3, 0.4) is 0 Å². The molecule has 136 valence electrons. The van der Waals surface area contributed by atoms with Crippen LogP contribution in [0.2, 0.25) is 0 Å². The zero-order chi connectivity index (χ0) is 16.3. The molecular formula is C16H26Cl2N4OS. The molecule has 3 N–H and O–H groups in total. The molecule has 0 atom stereocenters. The zero-order valence-corrected chi connectivity index (χ0v) is 16.9. The SMILES string of the molecule is CCC(CC)(CN)NC(=O)c1cc(C)n(-c2nccs2)c1C.Cl.Cl. The van der Waals surface area contributed by atoms with E-state index in [0.29, 0.717) is 12.1 Å². The van der Waals surface area contributed by atoms with Crippen molar-refractivity contribution in [3.05, 3.63) is 34.6 Å². The largest absolute Gasteiger partial charge is 0.345 e. The van der Waals surface area contributed by atoms with Crippen LogP contribution in [0.4, 0.5) is 0 Å². The summed E-state index contributed by atoms with van der Waals surface area (Å²) in [6.07, 6.45) is 3.40. The average Bonchev–Trinajstić information content (AvgIpc) is 3.13. The van der Waals surface area contributed by atoms with E-state index in [1.807, 2.05) is 29.9 Å². The molecule has 0 fully saturated rings. The number of nitrogens with two attached hydrogens (primary N) is 1. The Kier molecular flexibility index (Phi) is 8.99. The molecule has 0 unspecified atom stereocenters. The molecule has 8 heteroatoms. The molecule has 2 aromatic rings. The Labute approximate surface area is 159 Å². The fourth-order valence-electron chi connectivity index (χ4n) is 2.69. The summed E-state index contributed by atoms with van der Waals surface area (Å²) in [6, 6.07) is 1.92. The molecule has 0 saturated heterocycles. The van der Waals surface area contributed by atoms with Crippen LogP contribution in [0.1, 0.15) is 48.4 Å². The molecule has 0 bridgehead atoms. The summed E-state index contributed by atoms with van der Waals surface area (Å²) in [5.74, 6) is -0.0648. The first-order valence-corrected chi connectivity index (χ1v) is 8.47. The number of hydrogen-bond acceptors (Lipinski definition) is 4. The van der Waals surface area contributed by atoms with Gasteiger partial charge in [0.05, 0.1) is 11.1 Å². The predicted molar refractivity (Wildman–Crippen MR) is 105 cm³/mol. The van der Waals surface area contributed by atoms with E-state index in [-0.39, 0.29) is 36.3 Å². The molecule has 2 heterocycles. The summed E-state index contributed by atoms with van der Waals surface area (Å²) in [5, 5.41) is 5.94. The smallest absolute Gasteiger partial charge is 0.253 e. The topological polar surface area (TPSA) is 72.9 Å². The summed E-state index contributed by atoms with van der Waals surface area (Å²) in [4.78, 5) is 17.0. The maximum Gasteiger partial charge on any atom is 0.253 e. The van der Waals surface area contributed by atoms with Crippen molar-refractivity contribution in [3.63, 3.8) is 0 Å². The molecule has 0 saturated carbocycles. The molecule has 24 heavy (non-hydrogen) atoms. The van der Waals surface area contributed by atoms with E-state index in [1.165, 1.54) is 0 Å². The van der Waals surface area contributed by atoms with Gasteiger partial charge in [0.2, 0.25) is 0 Å². The molecule has 2 aromatic heterocycles. The summed E-state index contributed by atoms with van der Waals surface area (Å²) in [5.41, 5.74) is 8.14. The number of hydrogen-bond donors (Lipinski definition) is 2. The maximum atomic E-state index is 12.7. The highest BCUT2D eigenvalue weighted by atomic mass is 35.5. The fourth-order valence-corrected chi connectivity index (χ4v) is 3.44. The minimum absolute atomic E-state index is 0. The number of aromatic nitrogens is 2. The van der Waals surface area contributed by atoms with Gasteiger partial charge < -0.3 is 11.1 Å². The summed E-state index contributed by atoms with van der Waals surface area (Å²) in [7, 11) is 0. The first-order valence-electron chi connectivity index (χ1n) is 7.59. The monoisotopic (exact) mass is 392 g/mol. The Morgan fingerprint density at radius 1 is 1.33 bits per heavy atom. The van der Waals surface area contributed by atoms with Crippen LogP contribution >= 0.6 is 36.2 Å². The second-order valence-electron chi connectivity index (χ2n) is 5.58. The molecule has 0 aliphatic heterocycles. The van der Waals surface area contributed by atoms with E-state index in [1.54, 1.807) is 17.5 Å². The summed E-state index contributed by atoms with van der Waals surface area (Å²) in [6.45, 7) is 8.48. The minimum Gasteiger partial charge on any atom is -0.345 e. The van der Waals surface area contributed by atoms with Gasteiger partial charge in [-0.15, -0.1) is 36.2 Å². The molecule has 0 aromatic carbocycles. The lowest BCUT2D eigenvalue weighted by Gasteiger charge is -2.31. The van der Waals surface area contributed by atoms with Gasteiger partial charge in [-0.2, -0.15) is 0 Å². The highest BCUT2D eigenvalue weighted by Gasteiger charge is 2.28. The van der Waals surface area contributed by atoms with E-state index in [0.717, 1.165) is 29.4 Å². The van der Waals surface area contributed by atoms with Crippen LogP contribution in [0.15, 0.2) is 17.6 Å². The van der Waals surface area contributed by atoms with Gasteiger partial charge in [0.15, 0.2) is 5.13 Å². The molecule has 0 aliphatic rings. The van der Waals surface area contributed by atoms with Crippen LogP contribution in [0.5, 0.6) is 0 Å². The van der Waals surface area contributed by atoms with E-state index in [2.05, 4.69) is 24.1 Å². The second kappa shape index (κ2) is 9.42. The third-order valence-electron chi connectivity index (χ3n) is 4.41. The van der Waals surface area contributed by atoms with Crippen molar-refractivity contribution in [1.82, 2.24) is 14.9 Å². The lowest BCUT2D eigenvalue weighted by molar-refractivity contribution is 0.0894. The Morgan fingerprint density at radius 2 is 1.96 bits per heavy atom. The first-order chi connectivity index (χ1) is 10.5. The predicted octanol–water partition coefficient (Wildman–Crippen LogP) is 3.64. The first kappa shape index (κ1) is 22.9. The van der Waals surface area contributed by atoms with Crippen LogP contribution in [-0.4, -0.2) is 27.5 Å². The summed E-state index contributed by atoms with van der Waals surface area (Å²) < 4.78 is 2.02. The second-order valence-corrected chi connectivity index (χ2v) is 6.45. The van der Waals surface area contributed by atoms with Crippen molar-refractivity contribution in [1.29, 1.82) is 0 Å². The van der Waals surface area contributed by atoms with Gasteiger partial charge in [0.25, 0.3) is 5.91 Å². The number of nitrogens with one attached hydrogen (secondary N) is 1. The number of aryl methyl sites for hydroxylation is 1. The van der Waals surface area contributed by atoms with Crippen molar-refractivity contribution in [2.45, 2.75) is 46.1 Å². The highest BCUT2D eigenvalue weighted by Crippen LogP contribution is 2.23. The minimum atomic E-state index is -0.333. The van der Waals surface area contributed by atoms with Crippen LogP contribution in [0.25, 0.3) is 5.13 Å². The van der Waals surface area contributed by atoms with Gasteiger partial charge in [-0.3, -0.25) is 9.36 Å². The zero-order valence-electron chi connectivity index (χ0n) is 14.5. The fraction of sp³-hybridized carbons (Fsp3) is 0.500. The van der Waals surface area contributed by atoms with Gasteiger partial charge in [-0.05, 0) is 32.8 Å². The van der Waals surface area contributed by atoms with Gasteiger partial charge in [0.1, 0.15) is 0 Å². The van der Waals surface area contributed by atoms with Crippen molar-refractivity contribution < 1.29 is 4.79 Å². The van der Waals surface area contributed by atoms with Gasteiger partial charge in [-0.25, -0.2) is 4.98 Å². The van der Waals surface area contributed by atoms with Crippen LogP contribution in [0, 0.1) is 13.8 Å². The number of rotatable bonds is 6. The van der Waals surface area contributed by atoms with Crippen LogP contribution < -0.4 is 11.1 Å². The number of thiazole rings is 1. The van der Waals surface area contributed by atoms with E-state index < -0.39 is 0 Å². The third kappa shape index (κ3) is 4.30. The quantitative estimate of drug-likeness (QED) is 0.787. The Bertz CT molecular complexity index is 643. The molecule has 5 nitrogen and oxygen atoms in total. The van der Waals surface area contributed by atoms with Crippen molar-refractivity contribution >= 4 is 42.1 Å². The van der Waals surface area contributed by atoms with E-state index in [9.17, 15) is 4.79 Å². The maximum absolute atomic E-state index is 12.7. The van der Waals surface area contributed by atoms with Gasteiger partial charge in [-0.1, -0.05) is 13.8 Å². The average molecular weight is 393 g/mol. The number of carbonyl (C=O) groups is 1. The van der Waals surface area contributed by atoms with Crippen molar-refractivity contribution in [2.75, 3.05) is 6.54 Å². The van der Waals surface area contributed by atoms with Crippen molar-refractivity contribution in [2.24, 2.45) is 5.73 Å². The van der Waals surface area contributed by atoms with E-state index >= 15 is 0 Å². The number of halogens is 2. The van der Waals surface area contributed by atoms with Gasteiger partial charge in [0, 0.05) is 29.5 Å². The number of carbonyl (C=O) groups excluding carboxylic acids is 1. The third-order valence-corrected chi connectivity index (χ3v) is 5.17. The highest BCUT2D eigenvalue weighted by molar-refractivity contribution is 7.12. The molecule has 0 spiro atoms. The molecule has 0 aliphatic carbocycles. The molecule has 1 amide bonds. The molecular weight excluding hydrogens is 367 g/mol. The van der Waals surface area contributed by atoms with Gasteiger partial charge >= 0.3 is 0 Å². The molecule has 2 rings (SSSR count). The Hall–Kier alpha value is -1.08. The van der Waals surface area contributed by atoms with E-state index in [4.69, 9.17) is 5.73 Å². The normalized spacial score (nSPS) is 10.7. The van der Waals surface area contributed by atoms with Crippen LogP contribution in [-0.2, 0) is 0 Å². The number of nitrogens with zero attached hydrogens (tertiary/aromatic N) is 2. The number of amides is 1. The van der Waals surface area contributed by atoms with Crippen molar-refractivity contribution in [3.8, 4) is 5.13 Å². The lowest BCUT2D eigenvalue weighted by atomic mass is 9.92. The standard InChI is InChI=1S/C16H24N4OS.2ClH/c1-5-16(6-2,10-17)19-14(21)13-9-11(3)20(12(13)4)15-18-7-8-22-15;;/h7-9H,5-6,10,17H2,1-4H3,(H,19,21);2*1H. The lowest BCUT2D eigenvalue weighted by Crippen LogP contribution is -2.52. The summed E-state index contributed by atoms with van der Waals surface area (Å²) >= 11 is 1.56. The Balaban J connectivity index is 0.00000264. The molecule has 0 radical (unpaired) electrons. The Morgan fingerprint density at radius 3 is 2.42 bits per heavy atom.